The topological polar surface area (TPSA) is 72.6 Å². The number of carbonyl (C=O) groups excluding carboxylic acids is 1. The Hall–Kier alpha value is -3.26. The van der Waals surface area contributed by atoms with E-state index >= 15 is 0 Å². The normalized spacial score (nSPS) is 20.7. The van der Waals surface area contributed by atoms with Crippen molar-refractivity contribution >= 4 is 16.7 Å². The van der Waals surface area contributed by atoms with Gasteiger partial charge < -0.3 is 14.2 Å². The van der Waals surface area contributed by atoms with Gasteiger partial charge in [-0.1, -0.05) is 48.7 Å². The minimum Gasteiger partial charge on any atom is -0.361 e. The predicted molar refractivity (Wildman–Crippen MR) is 153 cm³/mol. The van der Waals surface area contributed by atoms with E-state index in [-0.39, 0.29) is 58.8 Å². The number of nitrogens with zero attached hydrogens (tertiary/aromatic N) is 2. The molecule has 46 heavy (non-hydrogen) atoms. The standard InChI is InChI=1S/C32H33F7N2O4S/c1-20-27(21(2)45-40-20)18-44-30(31(34,35)36,32(37,38)39)24-10-8-23(9-11-24)29(46(43)26-14-12-25(33)13-15-26)16-17-41(19-29)28(42)22-6-4-3-5-7-22/h8-15,22H,3-7,16-19H2,1-2H3/t29-,46?/m0/s1. The molecule has 2 atom stereocenters. The van der Waals surface area contributed by atoms with E-state index in [0.29, 0.717) is 25.0 Å². The van der Waals surface area contributed by atoms with Gasteiger partial charge in [0, 0.05) is 35.0 Å². The van der Waals surface area contributed by atoms with E-state index in [9.17, 15) is 39.7 Å². The minimum atomic E-state index is -5.93. The molecule has 6 nitrogen and oxygen atoms in total. The molecule has 3 aromatic rings. The van der Waals surface area contributed by atoms with Crippen LogP contribution in [0.4, 0.5) is 30.7 Å². The fourth-order valence-corrected chi connectivity index (χ4v) is 8.22. The summed E-state index contributed by atoms with van der Waals surface area (Å²) in [5.74, 6) is -0.882. The summed E-state index contributed by atoms with van der Waals surface area (Å²) >= 11 is 0. The first kappa shape index (κ1) is 34.1. The van der Waals surface area contributed by atoms with Crippen LogP contribution in [0.3, 0.4) is 0 Å². The molecule has 14 heteroatoms. The van der Waals surface area contributed by atoms with E-state index in [1.54, 1.807) is 4.90 Å². The number of halogens is 7. The molecular formula is C32H33F7N2O4S. The van der Waals surface area contributed by atoms with Crippen molar-refractivity contribution in [3.63, 3.8) is 0 Å². The molecule has 5 rings (SSSR count). The Kier molecular flexibility index (Phi) is 9.44. The maximum atomic E-state index is 14.6. The average molecular weight is 675 g/mol. The van der Waals surface area contributed by atoms with Gasteiger partial charge in [0.2, 0.25) is 5.91 Å². The number of ether oxygens (including phenoxy) is 1. The van der Waals surface area contributed by atoms with E-state index in [1.165, 1.54) is 26.0 Å². The Bertz CT molecular complexity index is 1530. The van der Waals surface area contributed by atoms with Crippen LogP contribution < -0.4 is 0 Å². The third-order valence-electron chi connectivity index (χ3n) is 9.11. The summed E-state index contributed by atoms with van der Waals surface area (Å²) in [6.45, 7) is 1.76. The number of likely N-dealkylation sites (tertiary alicyclic amines) is 1. The monoisotopic (exact) mass is 674 g/mol. The summed E-state index contributed by atoms with van der Waals surface area (Å²) in [4.78, 5) is 15.2. The average Bonchev–Trinajstić information content (AvgIpc) is 3.60. The van der Waals surface area contributed by atoms with E-state index < -0.39 is 51.5 Å². The predicted octanol–water partition coefficient (Wildman–Crippen LogP) is 7.78. The lowest BCUT2D eigenvalue weighted by molar-refractivity contribution is -0.392. The van der Waals surface area contributed by atoms with E-state index in [0.717, 1.165) is 43.5 Å². The molecule has 2 fully saturated rings. The van der Waals surface area contributed by atoms with Crippen LogP contribution in [0, 0.1) is 25.6 Å². The molecule has 250 valence electrons. The second kappa shape index (κ2) is 12.7. The highest BCUT2D eigenvalue weighted by Crippen LogP contribution is 2.54. The number of alkyl halides is 6. The summed E-state index contributed by atoms with van der Waals surface area (Å²) in [5, 5.41) is 3.58. The maximum Gasteiger partial charge on any atom is 0.430 e. The summed E-state index contributed by atoms with van der Waals surface area (Å²) < 4.78 is 124. The number of benzene rings is 2. The van der Waals surface area contributed by atoms with Gasteiger partial charge in [-0.15, -0.1) is 0 Å². The van der Waals surface area contributed by atoms with Crippen LogP contribution in [-0.4, -0.2) is 45.6 Å². The van der Waals surface area contributed by atoms with Gasteiger partial charge in [0.1, 0.15) is 11.6 Å². The molecule has 0 radical (unpaired) electrons. The van der Waals surface area contributed by atoms with Crippen LogP contribution in [0.1, 0.15) is 66.7 Å². The quantitative estimate of drug-likeness (QED) is 0.228. The number of hydrogen-bond acceptors (Lipinski definition) is 5. The molecule has 1 amide bonds. The third-order valence-corrected chi connectivity index (χ3v) is 11.1. The lowest BCUT2D eigenvalue weighted by atomic mass is 9.88. The first-order chi connectivity index (χ1) is 21.6. The molecule has 1 unspecified atom stereocenters. The van der Waals surface area contributed by atoms with Crippen LogP contribution in [0.15, 0.2) is 57.9 Å². The van der Waals surface area contributed by atoms with E-state index in [1.807, 2.05) is 0 Å². The number of rotatable bonds is 8. The lowest BCUT2D eigenvalue weighted by Crippen LogP contribution is -2.55. The SMILES string of the molecule is Cc1noc(C)c1COC(c1ccc([C@]2(S(=O)c3ccc(F)cc3)CCN(C(=O)C3CCCCC3)C2)cc1)(C(F)(F)F)C(F)(F)F. The summed E-state index contributed by atoms with van der Waals surface area (Å²) in [5.41, 5.74) is -5.71. The Morgan fingerprint density at radius 2 is 1.59 bits per heavy atom. The van der Waals surface area contributed by atoms with Gasteiger partial charge in [0.05, 0.1) is 27.8 Å². The molecule has 0 N–H and O–H groups in total. The van der Waals surface area contributed by atoms with Crippen molar-refractivity contribution in [1.29, 1.82) is 0 Å². The Morgan fingerprint density at radius 1 is 0.978 bits per heavy atom. The lowest BCUT2D eigenvalue weighted by Gasteiger charge is -2.38. The summed E-state index contributed by atoms with van der Waals surface area (Å²) in [6, 6.07) is 8.37. The molecule has 1 aliphatic heterocycles. The first-order valence-corrected chi connectivity index (χ1v) is 16.0. The van der Waals surface area contributed by atoms with Crippen molar-refractivity contribution < 1.29 is 49.0 Å². The second-order valence-electron chi connectivity index (χ2n) is 11.9. The zero-order valence-electron chi connectivity index (χ0n) is 25.1. The Morgan fingerprint density at radius 3 is 2.13 bits per heavy atom. The minimum absolute atomic E-state index is 0.0184. The molecule has 2 heterocycles. The smallest absolute Gasteiger partial charge is 0.361 e. The highest BCUT2D eigenvalue weighted by Gasteiger charge is 2.73. The maximum absolute atomic E-state index is 14.6. The molecule has 2 aromatic carbocycles. The Labute approximate surface area is 263 Å². The van der Waals surface area contributed by atoms with Crippen molar-refractivity contribution in [2.24, 2.45) is 5.92 Å². The van der Waals surface area contributed by atoms with Crippen LogP contribution >= 0.6 is 0 Å². The van der Waals surface area contributed by atoms with Crippen molar-refractivity contribution in [1.82, 2.24) is 10.1 Å². The number of aromatic nitrogens is 1. The molecular weight excluding hydrogens is 641 g/mol. The van der Waals surface area contributed by atoms with E-state index in [4.69, 9.17) is 9.26 Å². The zero-order chi connectivity index (χ0) is 33.5. The van der Waals surface area contributed by atoms with Crippen LogP contribution in [0.25, 0.3) is 0 Å². The molecule has 0 spiro atoms. The van der Waals surface area contributed by atoms with Gasteiger partial charge >= 0.3 is 12.4 Å². The van der Waals surface area contributed by atoms with Crippen molar-refractivity contribution in [3.05, 3.63) is 82.5 Å². The van der Waals surface area contributed by atoms with Gasteiger partial charge in [0.25, 0.3) is 5.60 Å². The highest BCUT2D eigenvalue weighted by molar-refractivity contribution is 7.86. The first-order valence-electron chi connectivity index (χ1n) is 14.9. The fourth-order valence-electron chi connectivity index (χ4n) is 6.49. The largest absolute Gasteiger partial charge is 0.430 e. The molecule has 0 bridgehead atoms. The summed E-state index contributed by atoms with van der Waals surface area (Å²) in [6.07, 6.45) is -7.50. The molecule has 1 aliphatic carbocycles. The molecule has 1 aromatic heterocycles. The Balaban J connectivity index is 1.55. The van der Waals surface area contributed by atoms with Gasteiger partial charge in [0.15, 0.2) is 0 Å². The second-order valence-corrected chi connectivity index (χ2v) is 13.7. The van der Waals surface area contributed by atoms with Gasteiger partial charge in [-0.05, 0) is 62.9 Å². The fraction of sp³-hybridized carbons (Fsp3) is 0.500. The van der Waals surface area contributed by atoms with Crippen LogP contribution in [0.5, 0.6) is 0 Å². The van der Waals surface area contributed by atoms with Crippen LogP contribution in [0.2, 0.25) is 0 Å². The van der Waals surface area contributed by atoms with Gasteiger partial charge in [-0.25, -0.2) is 4.39 Å². The molecule has 1 saturated carbocycles. The number of amides is 1. The number of aryl methyl sites for hydroxylation is 2. The highest BCUT2D eigenvalue weighted by atomic mass is 32.2. The number of hydrogen-bond donors (Lipinski definition) is 0. The molecule has 2 aliphatic rings. The summed E-state index contributed by atoms with van der Waals surface area (Å²) in [7, 11) is -1.96. The third kappa shape index (κ3) is 6.10. The van der Waals surface area contributed by atoms with Crippen molar-refractivity contribution in [3.8, 4) is 0 Å². The van der Waals surface area contributed by atoms with Crippen LogP contribution in [-0.2, 0) is 37.3 Å². The molecule has 1 saturated heterocycles. The number of carbonyl (C=O) groups is 1. The van der Waals surface area contributed by atoms with Crippen molar-refractivity contribution in [2.75, 3.05) is 13.1 Å². The van der Waals surface area contributed by atoms with Gasteiger partial charge in [-0.3, -0.25) is 9.00 Å². The van der Waals surface area contributed by atoms with E-state index in [2.05, 4.69) is 5.16 Å². The zero-order valence-corrected chi connectivity index (χ0v) is 26.0. The van der Waals surface area contributed by atoms with Gasteiger partial charge in [-0.2, -0.15) is 26.3 Å². The van der Waals surface area contributed by atoms with Crippen molar-refractivity contribution in [2.45, 2.75) is 86.6 Å².